The molecule has 1 aromatic rings. The number of likely N-dealkylation sites (tertiary alicyclic amines) is 1. The van der Waals surface area contributed by atoms with Gasteiger partial charge in [-0.15, -0.1) is 0 Å². The van der Waals surface area contributed by atoms with Gasteiger partial charge in [0.25, 0.3) is 0 Å². The van der Waals surface area contributed by atoms with Crippen molar-refractivity contribution >= 4 is 0 Å². The van der Waals surface area contributed by atoms with E-state index in [2.05, 4.69) is 43.1 Å². The first-order chi connectivity index (χ1) is 9.78. The fraction of sp³-hybridized carbons (Fsp3) is 0.667. The third-order valence-electron chi connectivity index (χ3n) is 4.30. The molecule has 1 fully saturated rings. The van der Waals surface area contributed by atoms with Crippen LogP contribution in [0.4, 0.5) is 0 Å². The molecule has 2 heteroatoms. The summed E-state index contributed by atoms with van der Waals surface area (Å²) in [5.74, 6) is 1.96. The third-order valence-corrected chi connectivity index (χ3v) is 4.30. The number of nitrogens with zero attached hydrogens (tertiary/aromatic N) is 1. The predicted octanol–water partition coefficient (Wildman–Crippen LogP) is 4.14. The average Bonchev–Trinajstić information content (AvgIpc) is 2.46. The highest BCUT2D eigenvalue weighted by atomic mass is 16.5. The fourth-order valence-corrected chi connectivity index (χ4v) is 2.99. The van der Waals surface area contributed by atoms with E-state index in [-0.39, 0.29) is 0 Å². The summed E-state index contributed by atoms with van der Waals surface area (Å²) >= 11 is 0. The van der Waals surface area contributed by atoms with Gasteiger partial charge in [0.15, 0.2) is 0 Å². The number of piperidine rings is 1. The zero-order valence-corrected chi connectivity index (χ0v) is 13.1. The molecule has 1 aromatic carbocycles. The van der Waals surface area contributed by atoms with Gasteiger partial charge in [-0.05, 0) is 75.9 Å². The Kier molecular flexibility index (Phi) is 6.38. The Bertz CT molecular complexity index is 383. The summed E-state index contributed by atoms with van der Waals surface area (Å²) in [6.45, 7) is 5.62. The van der Waals surface area contributed by atoms with Gasteiger partial charge >= 0.3 is 0 Å². The minimum Gasteiger partial charge on any atom is -0.494 e. The number of hydrogen-bond acceptors (Lipinski definition) is 2. The Morgan fingerprint density at radius 3 is 2.80 bits per heavy atom. The summed E-state index contributed by atoms with van der Waals surface area (Å²) < 4.78 is 5.89. The van der Waals surface area contributed by atoms with E-state index in [1.54, 1.807) is 0 Å². The van der Waals surface area contributed by atoms with Crippen molar-refractivity contribution in [2.75, 3.05) is 26.7 Å². The predicted molar refractivity (Wildman–Crippen MR) is 85.4 cm³/mol. The molecule has 0 radical (unpaired) electrons. The average molecular weight is 275 g/mol. The molecule has 1 aliphatic rings. The van der Waals surface area contributed by atoms with Gasteiger partial charge in [0.1, 0.15) is 5.75 Å². The van der Waals surface area contributed by atoms with E-state index < -0.39 is 0 Å². The Balaban J connectivity index is 1.64. The lowest BCUT2D eigenvalue weighted by Gasteiger charge is -2.28. The Morgan fingerprint density at radius 2 is 2.05 bits per heavy atom. The summed E-state index contributed by atoms with van der Waals surface area (Å²) in [5, 5.41) is 0. The van der Waals surface area contributed by atoms with E-state index in [0.717, 1.165) is 24.7 Å². The first-order valence-electron chi connectivity index (χ1n) is 8.18. The van der Waals surface area contributed by atoms with Crippen molar-refractivity contribution in [3.05, 3.63) is 29.8 Å². The molecule has 0 aromatic heterocycles. The van der Waals surface area contributed by atoms with Crippen LogP contribution in [-0.4, -0.2) is 31.6 Å². The maximum atomic E-state index is 5.89. The van der Waals surface area contributed by atoms with E-state index in [9.17, 15) is 0 Å². The molecule has 2 nitrogen and oxygen atoms in total. The molecule has 1 saturated heterocycles. The first-order valence-corrected chi connectivity index (χ1v) is 8.18. The van der Waals surface area contributed by atoms with Crippen molar-refractivity contribution in [2.45, 2.75) is 45.4 Å². The smallest absolute Gasteiger partial charge is 0.119 e. The topological polar surface area (TPSA) is 12.5 Å². The maximum absolute atomic E-state index is 5.89. The lowest BCUT2D eigenvalue weighted by Crippen LogP contribution is -2.30. The molecule has 1 aliphatic heterocycles. The van der Waals surface area contributed by atoms with Crippen LogP contribution in [0.5, 0.6) is 5.75 Å². The molecule has 20 heavy (non-hydrogen) atoms. The summed E-state index contributed by atoms with van der Waals surface area (Å²) in [5.41, 5.74) is 1.39. The molecule has 0 saturated carbocycles. The maximum Gasteiger partial charge on any atom is 0.119 e. The number of hydrogen-bond donors (Lipinski definition) is 0. The molecular weight excluding hydrogens is 246 g/mol. The van der Waals surface area contributed by atoms with Gasteiger partial charge in [-0.2, -0.15) is 0 Å². The molecule has 0 N–H and O–H groups in total. The normalized spacial score (nSPS) is 17.3. The van der Waals surface area contributed by atoms with Gasteiger partial charge in [-0.3, -0.25) is 0 Å². The van der Waals surface area contributed by atoms with Crippen LogP contribution in [0.1, 0.15) is 44.6 Å². The van der Waals surface area contributed by atoms with Crippen LogP contribution in [0.2, 0.25) is 0 Å². The molecule has 0 bridgehead atoms. The van der Waals surface area contributed by atoms with Gasteiger partial charge in [-0.1, -0.05) is 25.5 Å². The van der Waals surface area contributed by atoms with E-state index in [1.165, 1.54) is 50.8 Å². The second kappa shape index (κ2) is 8.31. The highest BCUT2D eigenvalue weighted by Gasteiger charge is 2.15. The van der Waals surface area contributed by atoms with Gasteiger partial charge in [-0.25, -0.2) is 0 Å². The number of rotatable bonds is 7. The molecule has 112 valence electrons. The van der Waals surface area contributed by atoms with Gasteiger partial charge < -0.3 is 9.64 Å². The Morgan fingerprint density at radius 1 is 1.25 bits per heavy atom. The standard InChI is InChI=1S/C18H29NO/c1-3-6-17-7-4-9-18(15-17)20-14-5-8-16-10-12-19(2)13-11-16/h4,7,9,15-16H,3,5-6,8,10-14H2,1-2H3. The number of ether oxygens (including phenoxy) is 1. The zero-order valence-electron chi connectivity index (χ0n) is 13.1. The van der Waals surface area contributed by atoms with Crippen LogP contribution in [0.3, 0.4) is 0 Å². The minimum absolute atomic E-state index is 0.863. The van der Waals surface area contributed by atoms with Crippen LogP contribution in [-0.2, 0) is 6.42 Å². The van der Waals surface area contributed by atoms with Crippen LogP contribution >= 0.6 is 0 Å². The largest absolute Gasteiger partial charge is 0.494 e. The number of aryl methyl sites for hydroxylation is 1. The summed E-state index contributed by atoms with van der Waals surface area (Å²) in [6.07, 6.45) is 7.58. The Labute approximate surface area is 124 Å². The molecule has 0 amide bonds. The van der Waals surface area contributed by atoms with Crippen molar-refractivity contribution in [3.63, 3.8) is 0 Å². The van der Waals surface area contributed by atoms with Crippen molar-refractivity contribution < 1.29 is 4.74 Å². The molecule has 0 aliphatic carbocycles. The highest BCUT2D eigenvalue weighted by molar-refractivity contribution is 5.28. The van der Waals surface area contributed by atoms with Crippen molar-refractivity contribution in [1.29, 1.82) is 0 Å². The molecule has 0 spiro atoms. The second-order valence-corrected chi connectivity index (χ2v) is 6.13. The van der Waals surface area contributed by atoms with Gasteiger partial charge in [0.05, 0.1) is 6.61 Å². The highest BCUT2D eigenvalue weighted by Crippen LogP contribution is 2.21. The zero-order chi connectivity index (χ0) is 14.2. The van der Waals surface area contributed by atoms with Crippen molar-refractivity contribution in [3.8, 4) is 5.75 Å². The minimum atomic E-state index is 0.863. The summed E-state index contributed by atoms with van der Waals surface area (Å²) in [4.78, 5) is 2.44. The lowest BCUT2D eigenvalue weighted by molar-refractivity contribution is 0.200. The molecular formula is C18H29NO. The second-order valence-electron chi connectivity index (χ2n) is 6.13. The van der Waals surface area contributed by atoms with Crippen molar-refractivity contribution in [1.82, 2.24) is 4.90 Å². The van der Waals surface area contributed by atoms with E-state index in [4.69, 9.17) is 4.74 Å². The fourth-order valence-electron chi connectivity index (χ4n) is 2.99. The van der Waals surface area contributed by atoms with Gasteiger partial charge in [0.2, 0.25) is 0 Å². The van der Waals surface area contributed by atoms with Crippen LogP contribution in [0, 0.1) is 5.92 Å². The van der Waals surface area contributed by atoms with Crippen LogP contribution in [0.25, 0.3) is 0 Å². The van der Waals surface area contributed by atoms with Crippen LogP contribution < -0.4 is 4.74 Å². The van der Waals surface area contributed by atoms with E-state index >= 15 is 0 Å². The SMILES string of the molecule is CCCc1cccc(OCCCC2CCN(C)CC2)c1. The van der Waals surface area contributed by atoms with Gasteiger partial charge in [0, 0.05) is 0 Å². The molecule has 1 heterocycles. The monoisotopic (exact) mass is 275 g/mol. The molecule has 2 rings (SSSR count). The van der Waals surface area contributed by atoms with Crippen LogP contribution in [0.15, 0.2) is 24.3 Å². The van der Waals surface area contributed by atoms with Crippen molar-refractivity contribution in [2.24, 2.45) is 5.92 Å². The quantitative estimate of drug-likeness (QED) is 0.693. The third kappa shape index (κ3) is 5.16. The first kappa shape index (κ1) is 15.4. The molecule has 0 atom stereocenters. The summed E-state index contributed by atoms with van der Waals surface area (Å²) in [6, 6.07) is 8.57. The van der Waals surface area contributed by atoms with E-state index in [0.29, 0.717) is 0 Å². The molecule has 0 unspecified atom stereocenters. The van der Waals surface area contributed by atoms with E-state index in [1.807, 2.05) is 0 Å². The number of benzene rings is 1. The lowest BCUT2D eigenvalue weighted by atomic mass is 9.93. The Hall–Kier alpha value is -1.02. The summed E-state index contributed by atoms with van der Waals surface area (Å²) in [7, 11) is 2.22.